The maximum atomic E-state index is 13.0. The highest BCUT2D eigenvalue weighted by molar-refractivity contribution is 7.87. The molecule has 0 bridgehead atoms. The summed E-state index contributed by atoms with van der Waals surface area (Å²) in [7, 11) is -4.10. The predicted molar refractivity (Wildman–Crippen MR) is 124 cm³/mol. The lowest BCUT2D eigenvalue weighted by molar-refractivity contribution is 0.0676. The maximum absolute atomic E-state index is 13.0. The first-order valence-corrected chi connectivity index (χ1v) is 12.5. The molecule has 0 aliphatic rings. The molecule has 0 unspecified atom stereocenters. The number of hydrogen-bond acceptors (Lipinski definition) is 5. The van der Waals surface area contributed by atoms with E-state index >= 15 is 0 Å². The molecule has 0 saturated carbocycles. The molecule has 0 aliphatic carbocycles. The number of amides is 1. The van der Waals surface area contributed by atoms with E-state index in [1.807, 2.05) is 31.4 Å². The van der Waals surface area contributed by atoms with E-state index in [0.29, 0.717) is 17.0 Å². The molecule has 1 amide bonds. The fourth-order valence-electron chi connectivity index (χ4n) is 3.18. The number of halogens is 1. The molecule has 164 valence electrons. The molecule has 1 aromatic heterocycles. The van der Waals surface area contributed by atoms with Crippen molar-refractivity contribution in [2.24, 2.45) is 0 Å². The predicted octanol–water partition coefficient (Wildman–Crippen LogP) is 5.92. The first kappa shape index (κ1) is 23.3. The monoisotopic (exact) mass is 477 g/mol. The van der Waals surface area contributed by atoms with Gasteiger partial charge in [-0.3, -0.25) is 4.79 Å². The Morgan fingerprint density at radius 3 is 2.55 bits per heavy atom. The first-order valence-electron chi connectivity index (χ1n) is 9.86. The quantitative estimate of drug-likeness (QED) is 0.378. The van der Waals surface area contributed by atoms with Crippen molar-refractivity contribution in [1.82, 2.24) is 4.90 Å². The third-order valence-electron chi connectivity index (χ3n) is 4.99. The first-order chi connectivity index (χ1) is 14.7. The van der Waals surface area contributed by atoms with Crippen LogP contribution in [0.4, 0.5) is 0 Å². The largest absolute Gasteiger partial charge is 0.379 e. The van der Waals surface area contributed by atoms with Gasteiger partial charge in [-0.15, -0.1) is 11.3 Å². The molecule has 0 saturated heterocycles. The summed E-state index contributed by atoms with van der Waals surface area (Å²) in [6.07, 6.45) is 0.799. The van der Waals surface area contributed by atoms with Gasteiger partial charge in [-0.1, -0.05) is 48.9 Å². The second kappa shape index (κ2) is 9.85. The Morgan fingerprint density at radius 1 is 1.16 bits per heavy atom. The third-order valence-corrected chi connectivity index (χ3v) is 7.73. The highest BCUT2D eigenvalue weighted by Crippen LogP contribution is 2.28. The van der Waals surface area contributed by atoms with Crippen LogP contribution in [0, 0.1) is 6.92 Å². The van der Waals surface area contributed by atoms with Crippen LogP contribution in [-0.2, 0) is 16.7 Å². The van der Waals surface area contributed by atoms with Crippen molar-refractivity contribution in [2.75, 3.05) is 0 Å². The van der Waals surface area contributed by atoms with E-state index in [9.17, 15) is 13.2 Å². The summed E-state index contributed by atoms with van der Waals surface area (Å²) < 4.78 is 31.0. The summed E-state index contributed by atoms with van der Waals surface area (Å²) in [4.78, 5) is 15.4. The van der Waals surface area contributed by atoms with Gasteiger partial charge in [0.25, 0.3) is 5.91 Å². The smallest absolute Gasteiger partial charge is 0.340 e. The number of rotatable bonds is 8. The van der Waals surface area contributed by atoms with E-state index in [1.165, 1.54) is 17.4 Å². The van der Waals surface area contributed by atoms with Gasteiger partial charge < -0.3 is 9.08 Å². The van der Waals surface area contributed by atoms with Gasteiger partial charge in [0, 0.05) is 12.6 Å². The minimum Gasteiger partial charge on any atom is -0.379 e. The van der Waals surface area contributed by atoms with Crippen molar-refractivity contribution in [3.63, 3.8) is 0 Å². The van der Waals surface area contributed by atoms with Gasteiger partial charge in [0.05, 0.1) is 9.90 Å². The SMILES string of the molecule is CC[C@H](C)N(Cc1cccc(OS(=O)(=O)c2c(C)cccc2Cl)c1)C(=O)c1cccs1. The van der Waals surface area contributed by atoms with Gasteiger partial charge in [0.15, 0.2) is 0 Å². The van der Waals surface area contributed by atoms with E-state index in [0.717, 1.165) is 12.0 Å². The summed E-state index contributed by atoms with van der Waals surface area (Å²) in [5, 5.41) is 1.98. The Bertz CT molecular complexity index is 1140. The Morgan fingerprint density at radius 2 is 1.90 bits per heavy atom. The Kier molecular flexibility index (Phi) is 7.41. The second-order valence-corrected chi connectivity index (χ2v) is 10.1. The average Bonchev–Trinajstić information content (AvgIpc) is 3.25. The van der Waals surface area contributed by atoms with Crippen LogP contribution < -0.4 is 4.18 Å². The minimum absolute atomic E-state index is 0.0219. The van der Waals surface area contributed by atoms with E-state index in [-0.39, 0.29) is 27.6 Å². The van der Waals surface area contributed by atoms with E-state index < -0.39 is 10.1 Å². The standard InChI is InChI=1S/C23H24ClNO4S2/c1-4-17(3)25(23(26)21-12-7-13-30-21)15-18-9-6-10-19(14-18)29-31(27,28)22-16(2)8-5-11-20(22)24/h5-14,17H,4,15H2,1-3H3/t17-/m0/s1. The summed E-state index contributed by atoms with van der Waals surface area (Å²) >= 11 is 7.51. The van der Waals surface area contributed by atoms with Crippen LogP contribution in [0.2, 0.25) is 5.02 Å². The highest BCUT2D eigenvalue weighted by Gasteiger charge is 2.24. The van der Waals surface area contributed by atoms with Crippen LogP contribution in [0.25, 0.3) is 0 Å². The molecule has 1 atom stereocenters. The second-order valence-electron chi connectivity index (χ2n) is 7.24. The van der Waals surface area contributed by atoms with Crippen molar-refractivity contribution in [1.29, 1.82) is 0 Å². The van der Waals surface area contributed by atoms with E-state index in [1.54, 1.807) is 48.2 Å². The van der Waals surface area contributed by atoms with Crippen LogP contribution in [-0.4, -0.2) is 25.3 Å². The van der Waals surface area contributed by atoms with Crippen molar-refractivity contribution in [3.8, 4) is 5.75 Å². The molecule has 0 aliphatic heterocycles. The van der Waals surface area contributed by atoms with Crippen LogP contribution in [0.15, 0.2) is 64.9 Å². The fraction of sp³-hybridized carbons (Fsp3) is 0.261. The number of thiophene rings is 1. The van der Waals surface area contributed by atoms with Crippen LogP contribution >= 0.6 is 22.9 Å². The third kappa shape index (κ3) is 5.47. The lowest BCUT2D eigenvalue weighted by atomic mass is 10.1. The molecule has 0 radical (unpaired) electrons. The number of hydrogen-bond donors (Lipinski definition) is 0. The molecule has 1 heterocycles. The molecule has 0 N–H and O–H groups in total. The minimum atomic E-state index is -4.10. The Hall–Kier alpha value is -2.35. The zero-order valence-electron chi connectivity index (χ0n) is 17.5. The van der Waals surface area contributed by atoms with Crippen LogP contribution in [0.1, 0.15) is 41.1 Å². The number of carbonyl (C=O) groups excluding carboxylic acids is 1. The van der Waals surface area contributed by atoms with Gasteiger partial charge in [-0.05, 0) is 61.0 Å². The number of carbonyl (C=O) groups is 1. The van der Waals surface area contributed by atoms with Crippen LogP contribution in [0.3, 0.4) is 0 Å². The van der Waals surface area contributed by atoms with Crippen LogP contribution in [0.5, 0.6) is 5.75 Å². The van der Waals surface area contributed by atoms with Crippen molar-refractivity contribution >= 4 is 39.0 Å². The molecule has 8 heteroatoms. The Labute approximate surface area is 192 Å². The lowest BCUT2D eigenvalue weighted by Gasteiger charge is -2.28. The molecule has 3 rings (SSSR count). The fourth-order valence-corrected chi connectivity index (χ4v) is 5.58. The zero-order chi connectivity index (χ0) is 22.6. The lowest BCUT2D eigenvalue weighted by Crippen LogP contribution is -2.37. The van der Waals surface area contributed by atoms with E-state index in [4.69, 9.17) is 15.8 Å². The Balaban J connectivity index is 1.86. The number of benzene rings is 2. The van der Waals surface area contributed by atoms with Gasteiger partial charge in [-0.25, -0.2) is 0 Å². The molecular formula is C23H24ClNO4S2. The van der Waals surface area contributed by atoms with Crippen molar-refractivity contribution in [2.45, 2.75) is 44.7 Å². The number of nitrogens with zero attached hydrogens (tertiary/aromatic N) is 1. The molecule has 5 nitrogen and oxygen atoms in total. The number of aryl methyl sites for hydroxylation is 1. The van der Waals surface area contributed by atoms with Gasteiger partial charge in [0.2, 0.25) is 0 Å². The molecule has 31 heavy (non-hydrogen) atoms. The summed E-state index contributed by atoms with van der Waals surface area (Å²) in [6, 6.07) is 15.3. The zero-order valence-corrected chi connectivity index (χ0v) is 19.9. The highest BCUT2D eigenvalue weighted by atomic mass is 35.5. The van der Waals surface area contributed by atoms with Crippen molar-refractivity contribution < 1.29 is 17.4 Å². The molecule has 0 fully saturated rings. The topological polar surface area (TPSA) is 63.7 Å². The molecule has 0 spiro atoms. The van der Waals surface area contributed by atoms with E-state index in [2.05, 4.69) is 0 Å². The van der Waals surface area contributed by atoms with Gasteiger partial charge in [0.1, 0.15) is 10.6 Å². The summed E-state index contributed by atoms with van der Waals surface area (Å²) in [5.41, 5.74) is 1.28. The molecular weight excluding hydrogens is 454 g/mol. The summed E-state index contributed by atoms with van der Waals surface area (Å²) in [6.45, 7) is 6.03. The average molecular weight is 478 g/mol. The maximum Gasteiger partial charge on any atom is 0.340 e. The van der Waals surface area contributed by atoms with Gasteiger partial charge >= 0.3 is 10.1 Å². The molecule has 3 aromatic rings. The summed E-state index contributed by atoms with van der Waals surface area (Å²) in [5.74, 6) is 0.125. The normalized spacial score (nSPS) is 12.4. The molecule has 2 aromatic carbocycles. The van der Waals surface area contributed by atoms with Gasteiger partial charge in [-0.2, -0.15) is 8.42 Å². The van der Waals surface area contributed by atoms with Crippen molar-refractivity contribution in [3.05, 3.63) is 81.0 Å².